The Kier molecular flexibility index (Phi) is 4.92. The van der Waals surface area contributed by atoms with Gasteiger partial charge in [-0.05, 0) is 57.0 Å². The molecule has 0 bridgehead atoms. The Morgan fingerprint density at radius 2 is 1.92 bits per heavy atom. The SMILES string of the molecule is CCOC(=O)c1ccc(NC(=O)c2cc(C)nc(NC3CC3)n2)cc1. The van der Waals surface area contributed by atoms with Crippen LogP contribution in [0.5, 0.6) is 0 Å². The first-order valence-corrected chi connectivity index (χ1v) is 8.26. The molecule has 25 heavy (non-hydrogen) atoms. The minimum atomic E-state index is -0.386. The smallest absolute Gasteiger partial charge is 0.338 e. The molecule has 1 aromatic heterocycles. The molecule has 1 aromatic carbocycles. The molecule has 1 saturated carbocycles. The highest BCUT2D eigenvalue weighted by Crippen LogP contribution is 2.23. The third kappa shape index (κ3) is 4.53. The Balaban J connectivity index is 1.69. The number of nitrogens with zero attached hydrogens (tertiary/aromatic N) is 2. The summed E-state index contributed by atoms with van der Waals surface area (Å²) in [5.41, 5.74) is 2.03. The summed E-state index contributed by atoms with van der Waals surface area (Å²) in [6.07, 6.45) is 2.21. The molecule has 0 aliphatic heterocycles. The van der Waals surface area contributed by atoms with Gasteiger partial charge in [0.25, 0.3) is 5.91 Å². The molecule has 1 fully saturated rings. The van der Waals surface area contributed by atoms with Crippen LogP contribution in [0.1, 0.15) is 46.3 Å². The number of amides is 1. The van der Waals surface area contributed by atoms with Crippen molar-refractivity contribution in [2.45, 2.75) is 32.7 Å². The molecule has 7 nitrogen and oxygen atoms in total. The molecule has 2 N–H and O–H groups in total. The van der Waals surface area contributed by atoms with Crippen molar-refractivity contribution in [1.82, 2.24) is 9.97 Å². The molecule has 3 rings (SSSR count). The number of hydrogen-bond acceptors (Lipinski definition) is 6. The van der Waals surface area contributed by atoms with Gasteiger partial charge in [-0.3, -0.25) is 4.79 Å². The minimum absolute atomic E-state index is 0.296. The van der Waals surface area contributed by atoms with E-state index in [0.29, 0.717) is 35.5 Å². The van der Waals surface area contributed by atoms with Gasteiger partial charge in [0, 0.05) is 17.4 Å². The second-order valence-corrected chi connectivity index (χ2v) is 5.89. The number of aromatic nitrogens is 2. The lowest BCUT2D eigenvalue weighted by Crippen LogP contribution is -2.16. The van der Waals surface area contributed by atoms with E-state index in [1.807, 2.05) is 6.92 Å². The Hall–Kier alpha value is -2.96. The topological polar surface area (TPSA) is 93.2 Å². The van der Waals surface area contributed by atoms with E-state index in [2.05, 4.69) is 20.6 Å². The molecule has 1 aliphatic rings. The van der Waals surface area contributed by atoms with Crippen molar-refractivity contribution >= 4 is 23.5 Å². The number of carbonyl (C=O) groups is 2. The number of nitrogens with one attached hydrogen (secondary N) is 2. The number of rotatable bonds is 6. The molecular formula is C18H20N4O3. The zero-order chi connectivity index (χ0) is 17.8. The summed E-state index contributed by atoms with van der Waals surface area (Å²) in [5, 5.41) is 5.96. The molecule has 130 valence electrons. The van der Waals surface area contributed by atoms with E-state index < -0.39 is 0 Å². The molecular weight excluding hydrogens is 320 g/mol. The fraction of sp³-hybridized carbons (Fsp3) is 0.333. The third-order valence-corrected chi connectivity index (χ3v) is 3.65. The number of hydrogen-bond donors (Lipinski definition) is 2. The van der Waals surface area contributed by atoms with Crippen molar-refractivity contribution < 1.29 is 14.3 Å². The van der Waals surface area contributed by atoms with Gasteiger partial charge in [-0.15, -0.1) is 0 Å². The summed E-state index contributed by atoms with van der Waals surface area (Å²) in [4.78, 5) is 32.6. The fourth-order valence-corrected chi connectivity index (χ4v) is 2.26. The molecule has 1 heterocycles. The van der Waals surface area contributed by atoms with E-state index in [9.17, 15) is 9.59 Å². The maximum atomic E-state index is 12.4. The van der Waals surface area contributed by atoms with Crippen LogP contribution >= 0.6 is 0 Å². The Morgan fingerprint density at radius 1 is 1.20 bits per heavy atom. The van der Waals surface area contributed by atoms with Crippen molar-refractivity contribution in [3.8, 4) is 0 Å². The number of anilines is 2. The van der Waals surface area contributed by atoms with Crippen LogP contribution in [0.4, 0.5) is 11.6 Å². The quantitative estimate of drug-likeness (QED) is 0.786. The molecule has 0 saturated heterocycles. The van der Waals surface area contributed by atoms with Crippen LogP contribution in [0.25, 0.3) is 0 Å². The van der Waals surface area contributed by atoms with Gasteiger partial charge < -0.3 is 15.4 Å². The van der Waals surface area contributed by atoms with Gasteiger partial charge in [-0.1, -0.05) is 0 Å². The Bertz CT molecular complexity index is 785. The van der Waals surface area contributed by atoms with Gasteiger partial charge in [0.2, 0.25) is 5.95 Å². The van der Waals surface area contributed by atoms with Crippen molar-refractivity contribution in [3.05, 3.63) is 47.3 Å². The number of aryl methyl sites for hydroxylation is 1. The summed E-state index contributed by atoms with van der Waals surface area (Å²) in [6.45, 7) is 3.90. The fourth-order valence-electron chi connectivity index (χ4n) is 2.26. The average Bonchev–Trinajstić information content (AvgIpc) is 3.39. The van der Waals surface area contributed by atoms with Crippen molar-refractivity contribution in [2.24, 2.45) is 0 Å². The number of benzene rings is 1. The standard InChI is InChI=1S/C18H20N4O3/c1-3-25-17(24)12-4-6-13(7-5-12)20-16(23)15-10-11(2)19-18(22-15)21-14-8-9-14/h4-7,10,14H,3,8-9H2,1-2H3,(H,20,23)(H,19,21,22). The third-order valence-electron chi connectivity index (χ3n) is 3.65. The lowest BCUT2D eigenvalue weighted by Gasteiger charge is -2.09. The van der Waals surface area contributed by atoms with E-state index in [4.69, 9.17) is 4.74 Å². The second kappa shape index (κ2) is 7.29. The monoisotopic (exact) mass is 340 g/mol. The number of esters is 1. The van der Waals surface area contributed by atoms with Crippen LogP contribution in [0.3, 0.4) is 0 Å². The summed E-state index contributed by atoms with van der Waals surface area (Å²) in [5.74, 6) is -0.235. The van der Waals surface area contributed by atoms with Gasteiger partial charge >= 0.3 is 5.97 Å². The Morgan fingerprint density at radius 3 is 2.56 bits per heavy atom. The minimum Gasteiger partial charge on any atom is -0.462 e. The van der Waals surface area contributed by atoms with Gasteiger partial charge in [0.15, 0.2) is 0 Å². The van der Waals surface area contributed by atoms with Crippen LogP contribution < -0.4 is 10.6 Å². The Labute approximate surface area is 145 Å². The molecule has 0 atom stereocenters. The summed E-state index contributed by atoms with van der Waals surface area (Å²) in [7, 11) is 0. The van der Waals surface area contributed by atoms with Crippen LogP contribution in [-0.4, -0.2) is 34.5 Å². The van der Waals surface area contributed by atoms with E-state index in [1.165, 1.54) is 0 Å². The van der Waals surface area contributed by atoms with Crippen LogP contribution in [0, 0.1) is 6.92 Å². The van der Waals surface area contributed by atoms with Crippen LogP contribution in [0.2, 0.25) is 0 Å². The highest BCUT2D eigenvalue weighted by atomic mass is 16.5. The largest absolute Gasteiger partial charge is 0.462 e. The van der Waals surface area contributed by atoms with E-state index in [0.717, 1.165) is 18.5 Å². The summed E-state index contributed by atoms with van der Waals surface area (Å²) >= 11 is 0. The molecule has 0 unspecified atom stereocenters. The number of ether oxygens (including phenoxy) is 1. The zero-order valence-corrected chi connectivity index (χ0v) is 14.2. The lowest BCUT2D eigenvalue weighted by atomic mass is 10.2. The first kappa shape index (κ1) is 16.9. The van der Waals surface area contributed by atoms with Crippen molar-refractivity contribution in [2.75, 3.05) is 17.2 Å². The maximum absolute atomic E-state index is 12.4. The lowest BCUT2D eigenvalue weighted by molar-refractivity contribution is 0.0526. The van der Waals surface area contributed by atoms with Crippen LogP contribution in [0.15, 0.2) is 30.3 Å². The van der Waals surface area contributed by atoms with E-state index in [1.54, 1.807) is 37.3 Å². The highest BCUT2D eigenvalue weighted by molar-refractivity contribution is 6.03. The molecule has 7 heteroatoms. The van der Waals surface area contributed by atoms with Crippen molar-refractivity contribution in [3.63, 3.8) is 0 Å². The van der Waals surface area contributed by atoms with Gasteiger partial charge in [0.1, 0.15) is 5.69 Å². The molecule has 1 aliphatic carbocycles. The van der Waals surface area contributed by atoms with Gasteiger partial charge in [-0.25, -0.2) is 14.8 Å². The predicted molar refractivity (Wildman–Crippen MR) is 93.8 cm³/mol. The normalized spacial score (nSPS) is 13.2. The highest BCUT2D eigenvalue weighted by Gasteiger charge is 2.22. The maximum Gasteiger partial charge on any atom is 0.338 e. The second-order valence-electron chi connectivity index (χ2n) is 5.89. The van der Waals surface area contributed by atoms with Gasteiger partial charge in [-0.2, -0.15) is 0 Å². The van der Waals surface area contributed by atoms with Crippen LogP contribution in [-0.2, 0) is 4.74 Å². The molecule has 0 spiro atoms. The average molecular weight is 340 g/mol. The zero-order valence-electron chi connectivity index (χ0n) is 14.2. The van der Waals surface area contributed by atoms with E-state index in [-0.39, 0.29) is 11.9 Å². The molecule has 2 aromatic rings. The van der Waals surface area contributed by atoms with Gasteiger partial charge in [0.05, 0.1) is 12.2 Å². The predicted octanol–water partition coefficient (Wildman–Crippen LogP) is 2.79. The molecule has 1 amide bonds. The molecule has 0 radical (unpaired) electrons. The number of carbonyl (C=O) groups excluding carboxylic acids is 2. The summed E-state index contributed by atoms with van der Waals surface area (Å²) < 4.78 is 4.93. The van der Waals surface area contributed by atoms with E-state index >= 15 is 0 Å². The summed E-state index contributed by atoms with van der Waals surface area (Å²) in [6, 6.07) is 8.58. The van der Waals surface area contributed by atoms with Crippen molar-refractivity contribution in [1.29, 1.82) is 0 Å². The first-order valence-electron chi connectivity index (χ1n) is 8.26. The first-order chi connectivity index (χ1) is 12.0.